The molecule has 0 unspecified atom stereocenters. The summed E-state index contributed by atoms with van der Waals surface area (Å²) >= 11 is 1.89. The molecule has 6 aromatic rings. The maximum atomic E-state index is 7.05. The van der Waals surface area contributed by atoms with Gasteiger partial charge in [0.25, 0.3) is 0 Å². The van der Waals surface area contributed by atoms with Gasteiger partial charge in [-0.05, 0) is 57.0 Å². The van der Waals surface area contributed by atoms with Gasteiger partial charge < -0.3 is 18.9 Å². The molecule has 1 aliphatic heterocycles. The smallest absolute Gasteiger partial charge is 0.113 e. The van der Waals surface area contributed by atoms with Crippen LogP contribution in [0.5, 0.6) is 0 Å². The van der Waals surface area contributed by atoms with Crippen LogP contribution >= 0.6 is 11.8 Å². The van der Waals surface area contributed by atoms with E-state index < -0.39 is 0 Å². The molecule has 0 aliphatic carbocycles. The summed E-state index contributed by atoms with van der Waals surface area (Å²) in [6, 6.07) is 59.4. The quantitative estimate of drug-likeness (QED) is 0.0995. The van der Waals surface area contributed by atoms with Crippen LogP contribution in [0.3, 0.4) is 0 Å². The summed E-state index contributed by atoms with van der Waals surface area (Å²) in [5.74, 6) is 0. The van der Waals surface area contributed by atoms with Crippen LogP contribution in [0.1, 0.15) is 45.6 Å². The zero-order valence-corrected chi connectivity index (χ0v) is 31.2. The van der Waals surface area contributed by atoms with Crippen LogP contribution in [0.15, 0.2) is 170 Å². The predicted octanol–water partition coefficient (Wildman–Crippen LogP) is 11.0. The minimum absolute atomic E-state index is 0.0303. The number of hydrogen-bond donors (Lipinski definition) is 0. The summed E-state index contributed by atoms with van der Waals surface area (Å²) in [6.45, 7) is 4.60. The van der Waals surface area contributed by atoms with Gasteiger partial charge in [-0.25, -0.2) is 0 Å². The molecule has 5 heteroatoms. The maximum Gasteiger partial charge on any atom is 0.113 e. The van der Waals surface area contributed by atoms with Crippen molar-refractivity contribution in [2.45, 2.75) is 68.6 Å². The van der Waals surface area contributed by atoms with E-state index in [4.69, 9.17) is 18.9 Å². The first-order valence-corrected chi connectivity index (χ1v) is 19.6. The van der Waals surface area contributed by atoms with E-state index in [1.165, 1.54) is 22.3 Å². The molecule has 1 heterocycles. The molecular formula is C48H48O4S. The molecule has 6 aromatic carbocycles. The van der Waals surface area contributed by atoms with E-state index in [9.17, 15) is 0 Å². The van der Waals surface area contributed by atoms with Crippen LogP contribution < -0.4 is 0 Å². The second-order valence-electron chi connectivity index (χ2n) is 13.6. The Morgan fingerprint density at radius 3 is 1.45 bits per heavy atom. The second-order valence-corrected chi connectivity index (χ2v) is 14.9. The highest BCUT2D eigenvalue weighted by Gasteiger charge is 2.48. The SMILES string of the molecule is CCc1ccc(-c2cccc([C@@H]3S[C@H](COCc4ccccc4)[C@@H](OCc4ccccc4)[C@H](OCc4ccccc4)[C@H]3OCc3ccccc3)c2)cc1. The summed E-state index contributed by atoms with van der Waals surface area (Å²) in [6.07, 6.45) is 0.0198. The predicted molar refractivity (Wildman–Crippen MR) is 217 cm³/mol. The van der Waals surface area contributed by atoms with Crippen LogP contribution in [0, 0.1) is 0 Å². The highest BCUT2D eigenvalue weighted by molar-refractivity contribution is 8.00. The van der Waals surface area contributed by atoms with Gasteiger partial charge in [0, 0.05) is 0 Å². The maximum absolute atomic E-state index is 7.05. The van der Waals surface area contributed by atoms with Crippen molar-refractivity contribution in [2.75, 3.05) is 6.61 Å². The first kappa shape index (κ1) is 36.9. The van der Waals surface area contributed by atoms with Crippen molar-refractivity contribution in [1.82, 2.24) is 0 Å². The van der Waals surface area contributed by atoms with E-state index in [1.807, 2.05) is 36.0 Å². The molecule has 0 N–H and O–H groups in total. The fourth-order valence-electron chi connectivity index (χ4n) is 6.89. The van der Waals surface area contributed by atoms with Crippen LogP contribution in [0.4, 0.5) is 0 Å². The Morgan fingerprint density at radius 1 is 0.434 bits per heavy atom. The van der Waals surface area contributed by atoms with E-state index >= 15 is 0 Å². The van der Waals surface area contributed by atoms with E-state index in [2.05, 4.69) is 153 Å². The fraction of sp³-hybridized carbons (Fsp3) is 0.250. The van der Waals surface area contributed by atoms with E-state index in [0.717, 1.165) is 28.7 Å². The molecule has 1 aliphatic rings. The molecule has 270 valence electrons. The molecule has 0 bridgehead atoms. The number of rotatable bonds is 16. The third-order valence-corrected chi connectivity index (χ3v) is 11.4. The Balaban J connectivity index is 1.26. The van der Waals surface area contributed by atoms with Crippen LogP contribution in [-0.2, 0) is 51.8 Å². The molecule has 0 amide bonds. The zero-order valence-electron chi connectivity index (χ0n) is 30.3. The Kier molecular flexibility index (Phi) is 13.2. The molecule has 53 heavy (non-hydrogen) atoms. The third-order valence-electron chi connectivity index (χ3n) is 9.79. The van der Waals surface area contributed by atoms with Crippen molar-refractivity contribution in [3.8, 4) is 11.1 Å². The number of aryl methyl sites for hydroxylation is 1. The highest BCUT2D eigenvalue weighted by Crippen LogP contribution is 2.48. The minimum atomic E-state index is -0.383. The van der Waals surface area contributed by atoms with Gasteiger partial charge in [0.1, 0.15) is 18.3 Å². The topological polar surface area (TPSA) is 36.9 Å². The highest BCUT2D eigenvalue weighted by atomic mass is 32.2. The van der Waals surface area contributed by atoms with Gasteiger partial charge in [0.05, 0.1) is 43.5 Å². The van der Waals surface area contributed by atoms with Crippen LogP contribution in [-0.4, -0.2) is 30.2 Å². The van der Waals surface area contributed by atoms with E-state index in [0.29, 0.717) is 33.0 Å². The molecule has 1 saturated heterocycles. The van der Waals surface area contributed by atoms with Gasteiger partial charge in [0.2, 0.25) is 0 Å². The van der Waals surface area contributed by atoms with E-state index in [-0.39, 0.29) is 28.8 Å². The summed E-state index contributed by atoms with van der Waals surface area (Å²) in [7, 11) is 0. The van der Waals surface area contributed by atoms with Crippen molar-refractivity contribution < 1.29 is 18.9 Å². The van der Waals surface area contributed by atoms with Gasteiger partial charge in [0.15, 0.2) is 0 Å². The molecule has 4 nitrogen and oxygen atoms in total. The zero-order chi connectivity index (χ0) is 36.1. The average Bonchev–Trinajstić information content (AvgIpc) is 3.23. The Labute approximate surface area is 319 Å². The van der Waals surface area contributed by atoms with Crippen LogP contribution in [0.25, 0.3) is 11.1 Å². The lowest BCUT2D eigenvalue weighted by molar-refractivity contribution is -0.160. The fourth-order valence-corrected chi connectivity index (χ4v) is 8.52. The number of ether oxygens (including phenoxy) is 4. The third kappa shape index (κ3) is 10.1. The molecule has 0 spiro atoms. The summed E-state index contributed by atoms with van der Waals surface area (Å²) in [5.41, 5.74) is 9.43. The summed E-state index contributed by atoms with van der Waals surface area (Å²) in [5, 5.41) is -0.0754. The number of thioether (sulfide) groups is 1. The van der Waals surface area contributed by atoms with Crippen molar-refractivity contribution in [2.24, 2.45) is 0 Å². The summed E-state index contributed by atoms with van der Waals surface area (Å²) in [4.78, 5) is 0. The largest absolute Gasteiger partial charge is 0.376 e. The van der Waals surface area contributed by atoms with Gasteiger partial charge >= 0.3 is 0 Å². The number of benzene rings is 6. The van der Waals surface area contributed by atoms with E-state index in [1.54, 1.807) is 0 Å². The van der Waals surface area contributed by atoms with Crippen molar-refractivity contribution in [3.63, 3.8) is 0 Å². The van der Waals surface area contributed by atoms with Gasteiger partial charge in [-0.15, -0.1) is 11.8 Å². The normalized spacial score (nSPS) is 19.9. The molecule has 5 atom stereocenters. The van der Waals surface area contributed by atoms with Crippen molar-refractivity contribution >= 4 is 11.8 Å². The first-order chi connectivity index (χ1) is 26.2. The van der Waals surface area contributed by atoms with Crippen LogP contribution in [0.2, 0.25) is 0 Å². The average molecular weight is 721 g/mol. The monoisotopic (exact) mass is 720 g/mol. The lowest BCUT2D eigenvalue weighted by atomic mass is 9.93. The van der Waals surface area contributed by atoms with Gasteiger partial charge in [-0.2, -0.15) is 0 Å². The standard InChI is InChI=1S/C48H48O4S/c1-2-36-26-28-41(29-27-36)42-24-15-25-43(30-42)48-47(52-34-40-22-13-6-14-23-40)46(51-33-39-20-11-5-12-21-39)45(50-32-38-18-9-4-10-19-38)44(53-48)35-49-31-37-16-7-3-8-17-37/h3-30,44-48H,2,31-35H2,1H3/t44-,45-,46+,47-,48+/m1/s1. The minimum Gasteiger partial charge on any atom is -0.376 e. The molecule has 7 rings (SSSR count). The van der Waals surface area contributed by atoms with Crippen molar-refractivity contribution in [1.29, 1.82) is 0 Å². The van der Waals surface area contributed by atoms with Gasteiger partial charge in [-0.3, -0.25) is 0 Å². The van der Waals surface area contributed by atoms with Gasteiger partial charge in [-0.1, -0.05) is 171 Å². The molecule has 1 fully saturated rings. The Bertz CT molecular complexity index is 1940. The molecule has 0 radical (unpaired) electrons. The number of hydrogen-bond acceptors (Lipinski definition) is 5. The first-order valence-electron chi connectivity index (χ1n) is 18.7. The Hall–Kier alpha value is -4.49. The van der Waals surface area contributed by atoms with Crippen molar-refractivity contribution in [3.05, 3.63) is 203 Å². The lowest BCUT2D eigenvalue weighted by Crippen LogP contribution is -2.54. The lowest BCUT2D eigenvalue weighted by Gasteiger charge is -2.46. The molecule has 0 aromatic heterocycles. The molecule has 0 saturated carbocycles. The summed E-state index contributed by atoms with van der Waals surface area (Å²) < 4.78 is 27.6. The Morgan fingerprint density at radius 2 is 0.925 bits per heavy atom. The second kappa shape index (κ2) is 19.0. The molecular weight excluding hydrogens is 673 g/mol.